The highest BCUT2D eigenvalue weighted by Crippen LogP contribution is 2.21. The molecule has 0 atom stereocenters. The Balaban J connectivity index is 1.51. The second-order valence-electron chi connectivity index (χ2n) is 6.28. The van der Waals surface area contributed by atoms with Crippen LogP contribution in [-0.4, -0.2) is 31.5 Å². The average Bonchev–Trinajstić information content (AvgIpc) is 3.49. The van der Waals surface area contributed by atoms with E-state index in [0.29, 0.717) is 23.8 Å². The minimum atomic E-state index is -0.148. The number of para-hydroxylation sites is 1. The van der Waals surface area contributed by atoms with E-state index in [1.165, 1.54) is 0 Å². The number of methoxy groups -OCH3 is 1. The summed E-state index contributed by atoms with van der Waals surface area (Å²) in [4.78, 5) is 24.4. The zero-order chi connectivity index (χ0) is 18.4. The van der Waals surface area contributed by atoms with Gasteiger partial charge in [-0.05, 0) is 42.7 Å². The average molecular weight is 353 g/mol. The molecule has 3 rings (SSSR count). The van der Waals surface area contributed by atoms with Gasteiger partial charge in [0.1, 0.15) is 5.75 Å². The summed E-state index contributed by atoms with van der Waals surface area (Å²) in [5.41, 5.74) is 2.17. The Morgan fingerprint density at radius 1 is 1.12 bits per heavy atom. The van der Waals surface area contributed by atoms with Gasteiger partial charge in [-0.25, -0.2) is 0 Å². The molecule has 6 nitrogen and oxygen atoms in total. The van der Waals surface area contributed by atoms with Crippen LogP contribution in [0.1, 0.15) is 28.8 Å². The molecule has 1 aliphatic carbocycles. The van der Waals surface area contributed by atoms with Crippen LogP contribution in [0.3, 0.4) is 0 Å². The molecule has 136 valence electrons. The predicted molar refractivity (Wildman–Crippen MR) is 100 cm³/mol. The molecule has 6 heteroatoms. The van der Waals surface area contributed by atoms with E-state index in [4.69, 9.17) is 4.74 Å². The van der Waals surface area contributed by atoms with E-state index in [2.05, 4.69) is 16.0 Å². The summed E-state index contributed by atoms with van der Waals surface area (Å²) in [5.74, 6) is 0.503. The smallest absolute Gasteiger partial charge is 0.253 e. The van der Waals surface area contributed by atoms with Crippen LogP contribution in [0, 0.1) is 0 Å². The van der Waals surface area contributed by atoms with E-state index in [1.54, 1.807) is 19.2 Å². The minimum absolute atomic E-state index is 0.0949. The highest BCUT2D eigenvalue weighted by molar-refractivity contribution is 6.00. The molecule has 0 aliphatic heterocycles. The summed E-state index contributed by atoms with van der Waals surface area (Å²) >= 11 is 0. The van der Waals surface area contributed by atoms with Crippen molar-refractivity contribution in [2.24, 2.45) is 0 Å². The van der Waals surface area contributed by atoms with Gasteiger partial charge in [0, 0.05) is 18.3 Å². The minimum Gasteiger partial charge on any atom is -0.497 e. The molecule has 2 aromatic rings. The zero-order valence-electron chi connectivity index (χ0n) is 14.7. The van der Waals surface area contributed by atoms with E-state index >= 15 is 0 Å². The van der Waals surface area contributed by atoms with Gasteiger partial charge in [0.2, 0.25) is 5.91 Å². The van der Waals surface area contributed by atoms with Crippen molar-refractivity contribution in [2.75, 3.05) is 19.0 Å². The van der Waals surface area contributed by atoms with Crippen LogP contribution in [0.15, 0.2) is 48.5 Å². The van der Waals surface area contributed by atoms with Gasteiger partial charge in [-0.1, -0.05) is 24.3 Å². The summed E-state index contributed by atoms with van der Waals surface area (Å²) < 4.78 is 5.17. The number of ether oxygens (including phenoxy) is 1. The number of rotatable bonds is 8. The van der Waals surface area contributed by atoms with Crippen LogP contribution in [-0.2, 0) is 11.3 Å². The molecule has 0 unspecified atom stereocenters. The molecule has 0 aromatic heterocycles. The van der Waals surface area contributed by atoms with Crippen molar-refractivity contribution in [1.82, 2.24) is 10.6 Å². The van der Waals surface area contributed by atoms with Gasteiger partial charge in [-0.15, -0.1) is 0 Å². The molecule has 2 amide bonds. The molecule has 0 spiro atoms. The number of benzene rings is 2. The first-order chi connectivity index (χ1) is 12.7. The van der Waals surface area contributed by atoms with Crippen molar-refractivity contribution < 1.29 is 14.3 Å². The fourth-order valence-electron chi connectivity index (χ4n) is 2.55. The van der Waals surface area contributed by atoms with E-state index in [9.17, 15) is 9.59 Å². The Hall–Kier alpha value is -3.02. The summed E-state index contributed by atoms with van der Waals surface area (Å²) in [7, 11) is 1.61. The number of hydrogen-bond donors (Lipinski definition) is 3. The van der Waals surface area contributed by atoms with Gasteiger partial charge in [-0.3, -0.25) is 9.59 Å². The number of carbonyl (C=O) groups excluding carboxylic acids is 2. The first-order valence-electron chi connectivity index (χ1n) is 8.69. The number of anilines is 1. The van der Waals surface area contributed by atoms with Crippen molar-refractivity contribution >= 4 is 17.5 Å². The summed E-state index contributed by atoms with van der Waals surface area (Å²) in [6.07, 6.45) is 2.07. The number of hydrogen-bond acceptors (Lipinski definition) is 4. The van der Waals surface area contributed by atoms with Crippen molar-refractivity contribution in [3.05, 3.63) is 59.7 Å². The second kappa shape index (κ2) is 8.38. The van der Waals surface area contributed by atoms with Crippen LogP contribution < -0.4 is 20.7 Å². The molecule has 26 heavy (non-hydrogen) atoms. The Bertz CT molecular complexity index is 787. The lowest BCUT2D eigenvalue weighted by molar-refractivity contribution is -0.119. The largest absolute Gasteiger partial charge is 0.497 e. The van der Waals surface area contributed by atoms with Crippen LogP contribution in [0.5, 0.6) is 5.75 Å². The van der Waals surface area contributed by atoms with Gasteiger partial charge in [-0.2, -0.15) is 0 Å². The molecule has 0 bridgehead atoms. The fraction of sp³-hybridized carbons (Fsp3) is 0.300. The lowest BCUT2D eigenvalue weighted by atomic mass is 10.1. The first kappa shape index (κ1) is 17.8. The van der Waals surface area contributed by atoms with E-state index in [1.807, 2.05) is 36.4 Å². The first-order valence-corrected chi connectivity index (χ1v) is 8.69. The third kappa shape index (κ3) is 4.99. The number of nitrogens with one attached hydrogen (secondary N) is 3. The van der Waals surface area contributed by atoms with Gasteiger partial charge in [0.15, 0.2) is 0 Å². The number of carbonyl (C=O) groups is 2. The fourth-order valence-corrected chi connectivity index (χ4v) is 2.55. The molecular weight excluding hydrogens is 330 g/mol. The van der Waals surface area contributed by atoms with Crippen LogP contribution in [0.4, 0.5) is 5.69 Å². The lowest BCUT2D eigenvalue weighted by Gasteiger charge is -2.12. The van der Waals surface area contributed by atoms with Gasteiger partial charge < -0.3 is 20.7 Å². The summed E-state index contributed by atoms with van der Waals surface area (Å²) in [6.45, 7) is 0.513. The predicted octanol–water partition coefficient (Wildman–Crippen LogP) is 2.32. The highest BCUT2D eigenvalue weighted by atomic mass is 16.5. The van der Waals surface area contributed by atoms with Crippen molar-refractivity contribution in [3.63, 3.8) is 0 Å². The SMILES string of the molecule is COc1cccc(CNC(=O)CNc2ccccc2C(=O)NC2CC2)c1. The molecule has 1 fully saturated rings. The zero-order valence-corrected chi connectivity index (χ0v) is 14.7. The molecule has 1 aliphatic rings. The van der Waals surface area contributed by atoms with Crippen LogP contribution in [0.2, 0.25) is 0 Å². The molecule has 1 saturated carbocycles. The maximum Gasteiger partial charge on any atom is 0.253 e. The van der Waals surface area contributed by atoms with Crippen LogP contribution in [0.25, 0.3) is 0 Å². The summed E-state index contributed by atoms with van der Waals surface area (Å²) in [6, 6.07) is 15.1. The van der Waals surface area contributed by atoms with Crippen molar-refractivity contribution in [2.45, 2.75) is 25.4 Å². The molecule has 0 heterocycles. The maximum absolute atomic E-state index is 12.3. The van der Waals surface area contributed by atoms with E-state index < -0.39 is 0 Å². The number of amides is 2. The van der Waals surface area contributed by atoms with Crippen molar-refractivity contribution in [3.8, 4) is 5.75 Å². The van der Waals surface area contributed by atoms with Crippen LogP contribution >= 0.6 is 0 Å². The van der Waals surface area contributed by atoms with Gasteiger partial charge >= 0.3 is 0 Å². The van der Waals surface area contributed by atoms with Gasteiger partial charge in [0.25, 0.3) is 5.91 Å². The Labute approximate surface area is 152 Å². The van der Waals surface area contributed by atoms with Gasteiger partial charge in [0.05, 0.1) is 19.2 Å². The normalized spacial score (nSPS) is 13.0. The van der Waals surface area contributed by atoms with E-state index in [0.717, 1.165) is 24.2 Å². The Kier molecular flexibility index (Phi) is 5.73. The lowest BCUT2D eigenvalue weighted by Crippen LogP contribution is -2.31. The molecule has 2 aromatic carbocycles. The maximum atomic E-state index is 12.3. The quantitative estimate of drug-likeness (QED) is 0.680. The van der Waals surface area contributed by atoms with Crippen molar-refractivity contribution in [1.29, 1.82) is 0 Å². The highest BCUT2D eigenvalue weighted by Gasteiger charge is 2.24. The topological polar surface area (TPSA) is 79.5 Å². The van der Waals surface area contributed by atoms with E-state index in [-0.39, 0.29) is 18.4 Å². The Morgan fingerprint density at radius 2 is 1.92 bits per heavy atom. The Morgan fingerprint density at radius 3 is 2.69 bits per heavy atom. The monoisotopic (exact) mass is 353 g/mol. The molecular formula is C20H23N3O3. The second-order valence-corrected chi connectivity index (χ2v) is 6.28. The molecule has 0 saturated heterocycles. The third-order valence-electron chi connectivity index (χ3n) is 4.15. The third-order valence-corrected chi connectivity index (χ3v) is 4.15. The standard InChI is InChI=1S/C20H23N3O3/c1-26-16-6-4-5-14(11-16)12-22-19(24)13-21-18-8-3-2-7-17(18)20(25)23-15-9-10-15/h2-8,11,15,21H,9-10,12-13H2,1H3,(H,22,24)(H,23,25). The summed E-state index contributed by atoms with van der Waals surface area (Å²) in [5, 5.41) is 8.87. The molecule has 3 N–H and O–H groups in total. The molecule has 0 radical (unpaired) electrons.